The minimum atomic E-state index is 0.320. The van der Waals surface area contributed by atoms with E-state index >= 15 is 0 Å². The first kappa shape index (κ1) is 11.3. The number of aryl methyl sites for hydroxylation is 1. The maximum atomic E-state index is 5.99. The first-order valence-electron chi connectivity index (χ1n) is 5.87. The van der Waals surface area contributed by atoms with Crippen LogP contribution in [-0.4, -0.2) is 31.1 Å². The van der Waals surface area contributed by atoms with E-state index in [1.807, 2.05) is 25.1 Å². The number of hydrogen-bond acceptors (Lipinski definition) is 3. The monoisotopic (exact) mass is 220 g/mol. The fraction of sp³-hybridized carbons (Fsp3) is 0.538. The van der Waals surface area contributed by atoms with Crippen LogP contribution in [0.1, 0.15) is 18.4 Å². The van der Waals surface area contributed by atoms with E-state index in [1.54, 1.807) is 0 Å². The van der Waals surface area contributed by atoms with Crippen LogP contribution in [0.25, 0.3) is 0 Å². The highest BCUT2D eigenvalue weighted by Gasteiger charge is 2.18. The minimum Gasteiger partial charge on any atom is -0.488 e. The summed E-state index contributed by atoms with van der Waals surface area (Å²) < 4.78 is 5.96. The van der Waals surface area contributed by atoms with E-state index in [4.69, 9.17) is 10.5 Å². The lowest BCUT2D eigenvalue weighted by atomic mass is 10.1. The third kappa shape index (κ3) is 2.47. The lowest BCUT2D eigenvalue weighted by molar-refractivity contribution is 0.115. The quantitative estimate of drug-likeness (QED) is 0.775. The van der Waals surface area contributed by atoms with Gasteiger partial charge in [-0.15, -0.1) is 0 Å². The second kappa shape index (κ2) is 4.74. The van der Waals surface area contributed by atoms with Gasteiger partial charge in [-0.1, -0.05) is 12.1 Å². The van der Waals surface area contributed by atoms with E-state index in [-0.39, 0.29) is 0 Å². The summed E-state index contributed by atoms with van der Waals surface area (Å²) in [5.74, 6) is 0.842. The molecule has 0 radical (unpaired) electrons. The summed E-state index contributed by atoms with van der Waals surface area (Å²) in [6.45, 7) is 4.23. The Morgan fingerprint density at radius 2 is 2.00 bits per heavy atom. The van der Waals surface area contributed by atoms with Crippen molar-refractivity contribution in [1.82, 2.24) is 4.90 Å². The summed E-state index contributed by atoms with van der Waals surface area (Å²) in [5, 5.41) is 0. The van der Waals surface area contributed by atoms with Crippen molar-refractivity contribution in [3.63, 3.8) is 0 Å². The van der Waals surface area contributed by atoms with Crippen molar-refractivity contribution in [1.29, 1.82) is 0 Å². The standard InChI is InChI=1S/C13H20N2O/c1-10-4-3-5-12(13(10)14)16-11-6-8-15(2)9-7-11/h3-5,11H,6-9,14H2,1-2H3. The normalized spacial score (nSPS) is 18.6. The molecule has 1 aliphatic heterocycles. The summed E-state index contributed by atoms with van der Waals surface area (Å²) in [7, 11) is 2.15. The van der Waals surface area contributed by atoms with Gasteiger partial charge in [0.25, 0.3) is 0 Å². The Kier molecular flexibility index (Phi) is 3.34. The Morgan fingerprint density at radius 1 is 1.31 bits per heavy atom. The topological polar surface area (TPSA) is 38.5 Å². The molecular weight excluding hydrogens is 200 g/mol. The van der Waals surface area contributed by atoms with Crippen molar-refractivity contribution in [3.8, 4) is 5.75 Å². The maximum absolute atomic E-state index is 5.99. The number of benzene rings is 1. The third-order valence-corrected chi connectivity index (χ3v) is 3.24. The SMILES string of the molecule is Cc1cccc(OC2CCN(C)CC2)c1N. The number of rotatable bonds is 2. The molecule has 0 amide bonds. The van der Waals surface area contributed by atoms with E-state index in [2.05, 4.69) is 11.9 Å². The van der Waals surface area contributed by atoms with Gasteiger partial charge in [-0.05, 0) is 38.4 Å². The van der Waals surface area contributed by atoms with Gasteiger partial charge in [0.1, 0.15) is 11.9 Å². The second-order valence-electron chi connectivity index (χ2n) is 4.61. The Bertz CT molecular complexity index is 357. The van der Waals surface area contributed by atoms with Crippen molar-refractivity contribution >= 4 is 5.69 Å². The molecule has 1 aliphatic rings. The highest BCUT2D eigenvalue weighted by atomic mass is 16.5. The highest BCUT2D eigenvalue weighted by Crippen LogP contribution is 2.27. The van der Waals surface area contributed by atoms with Gasteiger partial charge < -0.3 is 15.4 Å². The molecule has 0 saturated carbocycles. The van der Waals surface area contributed by atoms with E-state index in [0.29, 0.717) is 6.10 Å². The Labute approximate surface area is 97.2 Å². The smallest absolute Gasteiger partial charge is 0.142 e. The van der Waals surface area contributed by atoms with Gasteiger partial charge in [-0.25, -0.2) is 0 Å². The lowest BCUT2D eigenvalue weighted by Gasteiger charge is -2.29. The van der Waals surface area contributed by atoms with Gasteiger partial charge in [0.05, 0.1) is 5.69 Å². The predicted molar refractivity (Wildman–Crippen MR) is 66.7 cm³/mol. The molecule has 2 rings (SSSR count). The third-order valence-electron chi connectivity index (χ3n) is 3.24. The second-order valence-corrected chi connectivity index (χ2v) is 4.61. The average molecular weight is 220 g/mol. The fourth-order valence-electron chi connectivity index (χ4n) is 2.04. The first-order chi connectivity index (χ1) is 7.66. The van der Waals surface area contributed by atoms with Crippen LogP contribution in [0.15, 0.2) is 18.2 Å². The molecule has 3 heteroatoms. The number of likely N-dealkylation sites (tertiary alicyclic amines) is 1. The lowest BCUT2D eigenvalue weighted by Crippen LogP contribution is -2.35. The van der Waals surface area contributed by atoms with Gasteiger partial charge in [-0.2, -0.15) is 0 Å². The van der Waals surface area contributed by atoms with Crippen molar-refractivity contribution in [2.45, 2.75) is 25.9 Å². The van der Waals surface area contributed by atoms with Crippen LogP contribution in [0, 0.1) is 6.92 Å². The van der Waals surface area contributed by atoms with Crippen LogP contribution in [0.5, 0.6) is 5.75 Å². The van der Waals surface area contributed by atoms with Gasteiger partial charge in [0.15, 0.2) is 0 Å². The van der Waals surface area contributed by atoms with Crippen LogP contribution in [0.4, 0.5) is 5.69 Å². The zero-order chi connectivity index (χ0) is 11.5. The molecule has 16 heavy (non-hydrogen) atoms. The number of para-hydroxylation sites is 1. The molecular formula is C13H20N2O. The number of piperidine rings is 1. The predicted octanol–water partition coefficient (Wildman–Crippen LogP) is 2.05. The number of hydrogen-bond donors (Lipinski definition) is 1. The molecule has 1 saturated heterocycles. The van der Waals surface area contributed by atoms with E-state index < -0.39 is 0 Å². The van der Waals surface area contributed by atoms with Gasteiger partial charge in [-0.3, -0.25) is 0 Å². The molecule has 0 unspecified atom stereocenters. The molecule has 0 atom stereocenters. The Hall–Kier alpha value is -1.22. The molecule has 1 fully saturated rings. The van der Waals surface area contributed by atoms with Crippen LogP contribution >= 0.6 is 0 Å². The van der Waals surface area contributed by atoms with Crippen molar-refractivity contribution in [2.24, 2.45) is 0 Å². The molecule has 0 aromatic heterocycles. The minimum absolute atomic E-state index is 0.320. The van der Waals surface area contributed by atoms with Crippen LogP contribution in [0.2, 0.25) is 0 Å². The largest absolute Gasteiger partial charge is 0.488 e. The number of nitrogens with zero attached hydrogens (tertiary/aromatic N) is 1. The molecule has 88 valence electrons. The molecule has 1 aromatic rings. The summed E-state index contributed by atoms with van der Waals surface area (Å²) in [6, 6.07) is 5.97. The van der Waals surface area contributed by atoms with Crippen LogP contribution in [-0.2, 0) is 0 Å². The number of nitrogens with two attached hydrogens (primary N) is 1. The molecule has 0 spiro atoms. The van der Waals surface area contributed by atoms with Crippen molar-refractivity contribution < 1.29 is 4.74 Å². The molecule has 2 N–H and O–H groups in total. The van der Waals surface area contributed by atoms with E-state index in [1.165, 1.54) is 0 Å². The fourth-order valence-corrected chi connectivity index (χ4v) is 2.04. The number of nitrogen functional groups attached to an aromatic ring is 1. The van der Waals surface area contributed by atoms with E-state index in [9.17, 15) is 0 Å². The zero-order valence-corrected chi connectivity index (χ0v) is 10.1. The summed E-state index contributed by atoms with van der Waals surface area (Å²) in [5.41, 5.74) is 7.86. The van der Waals surface area contributed by atoms with Gasteiger partial charge >= 0.3 is 0 Å². The maximum Gasteiger partial charge on any atom is 0.142 e. The van der Waals surface area contributed by atoms with Gasteiger partial charge in [0, 0.05) is 13.1 Å². The Balaban J connectivity index is 2.01. The zero-order valence-electron chi connectivity index (χ0n) is 10.1. The molecule has 3 nitrogen and oxygen atoms in total. The van der Waals surface area contributed by atoms with Gasteiger partial charge in [0.2, 0.25) is 0 Å². The summed E-state index contributed by atoms with van der Waals surface area (Å²) >= 11 is 0. The average Bonchev–Trinajstić information content (AvgIpc) is 2.28. The molecule has 1 aromatic carbocycles. The number of ether oxygens (including phenoxy) is 1. The number of anilines is 1. The first-order valence-corrected chi connectivity index (χ1v) is 5.87. The van der Waals surface area contributed by atoms with E-state index in [0.717, 1.165) is 42.9 Å². The van der Waals surface area contributed by atoms with Crippen molar-refractivity contribution in [3.05, 3.63) is 23.8 Å². The van der Waals surface area contributed by atoms with Crippen LogP contribution in [0.3, 0.4) is 0 Å². The molecule has 0 bridgehead atoms. The summed E-state index contributed by atoms with van der Waals surface area (Å²) in [4.78, 5) is 2.33. The van der Waals surface area contributed by atoms with Crippen LogP contribution < -0.4 is 10.5 Å². The molecule has 1 heterocycles. The van der Waals surface area contributed by atoms with Crippen molar-refractivity contribution in [2.75, 3.05) is 25.9 Å². The highest BCUT2D eigenvalue weighted by molar-refractivity contribution is 5.57. The molecule has 0 aliphatic carbocycles. The Morgan fingerprint density at radius 3 is 2.69 bits per heavy atom. The summed E-state index contributed by atoms with van der Waals surface area (Å²) in [6.07, 6.45) is 2.49.